The van der Waals surface area contributed by atoms with Gasteiger partial charge < -0.3 is 0 Å². The fourth-order valence-corrected chi connectivity index (χ4v) is 6.28. The number of rotatable bonds is 10. The average molecular weight is 475 g/mol. The van der Waals surface area contributed by atoms with Crippen molar-refractivity contribution in [2.24, 2.45) is 5.92 Å². The molecule has 2 atom stereocenters. The maximum absolute atomic E-state index is 13.5. The third kappa shape index (κ3) is 8.89. The zero-order valence-electron chi connectivity index (χ0n) is 14.8. The molecular weight excluding hydrogens is 450 g/mol. The summed E-state index contributed by atoms with van der Waals surface area (Å²) in [6.07, 6.45) is 1.06. The van der Waals surface area contributed by atoms with Gasteiger partial charge in [-0.3, -0.25) is 0 Å². The Balaban J connectivity index is 2.64. The van der Waals surface area contributed by atoms with Crippen LogP contribution in [0.2, 0.25) is 0 Å². The van der Waals surface area contributed by atoms with Crippen LogP contribution in [-0.4, -0.2) is 50.4 Å². The Morgan fingerprint density at radius 1 is 1.14 bits per heavy atom. The Morgan fingerprint density at radius 2 is 1.71 bits per heavy atom. The molecule has 0 aliphatic rings. The van der Waals surface area contributed by atoms with Crippen LogP contribution in [0.1, 0.15) is 26.3 Å². The minimum atomic E-state index is -5.51. The van der Waals surface area contributed by atoms with Crippen LogP contribution in [0.3, 0.4) is 0 Å². The van der Waals surface area contributed by atoms with Crippen molar-refractivity contribution in [3.63, 3.8) is 0 Å². The van der Waals surface area contributed by atoms with Crippen molar-refractivity contribution in [3.05, 3.63) is 22.5 Å². The second kappa shape index (κ2) is 9.54. The number of aromatic nitrogens is 2. The number of hydrogen-bond acceptors (Lipinski definition) is 13. The second-order valence-electron chi connectivity index (χ2n) is 6.04. The van der Waals surface area contributed by atoms with E-state index in [-0.39, 0.29) is 6.42 Å². The van der Waals surface area contributed by atoms with Crippen molar-refractivity contribution >= 4 is 30.3 Å². The number of hydrogen-bond donors (Lipinski definition) is 8. The van der Waals surface area contributed by atoms with E-state index in [4.69, 9.17) is 20.4 Å². The third-order valence-corrected chi connectivity index (χ3v) is 8.07. The van der Waals surface area contributed by atoms with Crippen LogP contribution < -0.4 is 11.4 Å². The Morgan fingerprint density at radius 3 is 2.25 bits per heavy atom. The number of nitrogens with two attached hydrogens (primary N) is 1. The van der Waals surface area contributed by atoms with Gasteiger partial charge >= 0.3 is 159 Å². The van der Waals surface area contributed by atoms with E-state index in [2.05, 4.69) is 18.1 Å². The van der Waals surface area contributed by atoms with E-state index in [1.165, 1.54) is 0 Å². The number of nitrogen functional groups attached to an aromatic ring is 1. The predicted molar refractivity (Wildman–Crippen MR) is 100.0 cm³/mol. The van der Waals surface area contributed by atoms with E-state index in [0.29, 0.717) is 0 Å². The zero-order valence-corrected chi connectivity index (χ0v) is 17.8. The van der Waals surface area contributed by atoms with Gasteiger partial charge in [0.2, 0.25) is 0 Å². The molecule has 2 unspecified atom stereocenters. The van der Waals surface area contributed by atoms with Crippen LogP contribution in [0, 0.1) is 11.7 Å². The van der Waals surface area contributed by atoms with Crippen molar-refractivity contribution in [2.75, 3.05) is 12.3 Å². The monoisotopic (exact) mass is 475 g/mol. The first-order valence-corrected chi connectivity index (χ1v) is 12.8. The summed E-state index contributed by atoms with van der Waals surface area (Å²) in [5.74, 6) is -1.90. The molecule has 0 radical (unpaired) electrons. The first kappa shape index (κ1) is 25.5. The standard InChI is InChI=1S/C10H25FN3O11P3/c1-6(3-7(2)14-4-8(11)9(12)13-10(14)15)5-23-27(19,20)25-28(21,22)24-26(16,17)18/h4,6-7,16-22,26-28H,3,5H2,1-2H3,(H2,12,13,15). The number of anilines is 1. The van der Waals surface area contributed by atoms with Crippen LogP contribution in [0.5, 0.6) is 0 Å². The SMILES string of the molecule is CC(CO[PH](O)(O)O[PH](O)(O)O[PH](O)(O)O)CC(C)n1cc(F)c(N)nc1=O. The summed E-state index contributed by atoms with van der Waals surface area (Å²) in [4.78, 5) is 78.7. The molecule has 1 aromatic rings. The van der Waals surface area contributed by atoms with Gasteiger partial charge in [-0.25, -0.2) is 0 Å². The zero-order chi connectivity index (χ0) is 21.9. The third-order valence-electron chi connectivity index (χ3n) is 3.24. The fraction of sp³-hybridized carbons (Fsp3) is 0.600. The summed E-state index contributed by atoms with van der Waals surface area (Å²) < 4.78 is 26.9. The van der Waals surface area contributed by atoms with Crippen molar-refractivity contribution in [3.8, 4) is 0 Å². The van der Waals surface area contributed by atoms with E-state index in [1.54, 1.807) is 13.8 Å². The van der Waals surface area contributed by atoms with Gasteiger partial charge in [-0.15, -0.1) is 0 Å². The molecule has 0 fully saturated rings. The summed E-state index contributed by atoms with van der Waals surface area (Å²) in [6.45, 7) is 2.72. The first-order chi connectivity index (χ1) is 12.5. The van der Waals surface area contributed by atoms with E-state index in [0.717, 1.165) is 10.8 Å². The van der Waals surface area contributed by atoms with Crippen molar-refractivity contribution in [1.29, 1.82) is 0 Å². The van der Waals surface area contributed by atoms with Gasteiger partial charge in [0.05, 0.1) is 0 Å². The van der Waals surface area contributed by atoms with E-state index < -0.39 is 60.4 Å². The summed E-state index contributed by atoms with van der Waals surface area (Å²) in [5, 5.41) is 0. The molecular formula is C10H25FN3O11P3. The van der Waals surface area contributed by atoms with E-state index >= 15 is 0 Å². The molecule has 0 saturated carbocycles. The van der Waals surface area contributed by atoms with Gasteiger partial charge in [-0.1, -0.05) is 0 Å². The normalized spacial score (nSPS) is 17.2. The first-order valence-electron chi connectivity index (χ1n) is 7.66. The van der Waals surface area contributed by atoms with E-state index in [9.17, 15) is 28.8 Å². The van der Waals surface area contributed by atoms with E-state index in [1.807, 2.05) is 0 Å². The Hall–Kier alpha value is -0.500. The van der Waals surface area contributed by atoms with Gasteiger partial charge in [0.1, 0.15) is 0 Å². The summed E-state index contributed by atoms with van der Waals surface area (Å²) in [6, 6.07) is -0.583. The molecule has 1 heterocycles. The Bertz CT molecular complexity index is 729. The quantitative estimate of drug-likeness (QED) is 0.186. The number of halogens is 1. The van der Waals surface area contributed by atoms with Gasteiger partial charge in [0.25, 0.3) is 0 Å². The molecule has 0 amide bonds. The van der Waals surface area contributed by atoms with Crippen LogP contribution in [0.4, 0.5) is 10.2 Å². The predicted octanol–water partition coefficient (Wildman–Crippen LogP) is -1.22. The molecule has 28 heavy (non-hydrogen) atoms. The molecule has 0 spiro atoms. The Labute approximate surface area is 159 Å². The molecule has 0 saturated heterocycles. The molecule has 14 nitrogen and oxygen atoms in total. The summed E-state index contributed by atoms with van der Waals surface area (Å²) in [7, 11) is -16.1. The molecule has 9 N–H and O–H groups in total. The minimum absolute atomic E-state index is 0.173. The Kier molecular flexibility index (Phi) is 8.70. The molecule has 0 bridgehead atoms. The molecule has 0 aliphatic heterocycles. The molecule has 1 aromatic heterocycles. The van der Waals surface area contributed by atoms with Gasteiger partial charge in [0.15, 0.2) is 0 Å². The molecule has 18 heteroatoms. The van der Waals surface area contributed by atoms with Gasteiger partial charge in [0, 0.05) is 0 Å². The average Bonchev–Trinajstić information content (AvgIpc) is 2.45. The van der Waals surface area contributed by atoms with Crippen LogP contribution >= 0.6 is 24.5 Å². The van der Waals surface area contributed by atoms with Crippen LogP contribution in [-0.2, 0) is 13.1 Å². The van der Waals surface area contributed by atoms with Crippen molar-refractivity contribution < 1.29 is 51.8 Å². The maximum atomic E-state index is 13.5. The summed E-state index contributed by atoms with van der Waals surface area (Å²) >= 11 is 0. The summed E-state index contributed by atoms with van der Waals surface area (Å²) in [5.41, 5.74) is 4.42. The van der Waals surface area contributed by atoms with Crippen molar-refractivity contribution in [2.45, 2.75) is 26.3 Å². The molecule has 1 rings (SSSR count). The molecule has 168 valence electrons. The van der Waals surface area contributed by atoms with Crippen LogP contribution in [0.25, 0.3) is 0 Å². The topological polar surface area (TPSA) is 230 Å². The molecule has 0 aromatic carbocycles. The molecule has 0 aliphatic carbocycles. The second-order valence-corrected chi connectivity index (χ2v) is 11.3. The fourth-order valence-electron chi connectivity index (χ4n) is 2.19. The van der Waals surface area contributed by atoms with Gasteiger partial charge in [-0.2, -0.15) is 0 Å². The number of nitrogens with zero attached hydrogens (tertiary/aromatic N) is 2. The van der Waals surface area contributed by atoms with Crippen molar-refractivity contribution in [1.82, 2.24) is 9.55 Å². The van der Waals surface area contributed by atoms with Gasteiger partial charge in [-0.05, 0) is 0 Å². The van der Waals surface area contributed by atoms with Crippen LogP contribution in [0.15, 0.2) is 11.0 Å².